The van der Waals surface area contributed by atoms with Gasteiger partial charge in [0.1, 0.15) is 17.0 Å². The average molecular weight is 559 g/mol. The fourth-order valence-corrected chi connectivity index (χ4v) is 5.95. The van der Waals surface area contributed by atoms with Crippen LogP contribution in [0.2, 0.25) is 5.02 Å². The minimum absolute atomic E-state index is 0.156. The highest BCUT2D eigenvalue weighted by Gasteiger charge is 2.52. The minimum atomic E-state index is -0.156. The molecule has 0 bridgehead atoms. The molecule has 1 aromatic carbocycles. The van der Waals surface area contributed by atoms with Gasteiger partial charge in [-0.3, -0.25) is 0 Å². The lowest BCUT2D eigenvalue weighted by molar-refractivity contribution is -0.534. The molecule has 206 valence electrons. The van der Waals surface area contributed by atoms with Crippen LogP contribution in [0.1, 0.15) is 54.3 Å². The lowest BCUT2D eigenvalue weighted by Crippen LogP contribution is -2.29. The highest BCUT2D eigenvalue weighted by Crippen LogP contribution is 2.44. The summed E-state index contributed by atoms with van der Waals surface area (Å²) >= 11 is 6.12. The number of hydrogen-bond donors (Lipinski definition) is 3. The number of pyridine rings is 1. The molecule has 2 saturated carbocycles. The van der Waals surface area contributed by atoms with E-state index in [0.717, 1.165) is 47.7 Å². The Morgan fingerprint density at radius 3 is 2.75 bits per heavy atom. The monoisotopic (exact) mass is 558 g/mol. The van der Waals surface area contributed by atoms with E-state index in [-0.39, 0.29) is 12.0 Å². The van der Waals surface area contributed by atoms with Gasteiger partial charge >= 0.3 is 0 Å². The molecule has 4 aromatic rings. The van der Waals surface area contributed by atoms with E-state index in [1.807, 2.05) is 31.3 Å². The van der Waals surface area contributed by atoms with Gasteiger partial charge in [-0.25, -0.2) is 15.0 Å². The number of hydrogen-bond acceptors (Lipinski definition) is 7. The predicted octanol–water partition coefficient (Wildman–Crippen LogP) is 4.73. The molecule has 7 rings (SSSR count). The second-order valence-electron chi connectivity index (χ2n) is 11.2. The molecular weight excluding hydrogens is 526 g/mol. The summed E-state index contributed by atoms with van der Waals surface area (Å²) in [6.45, 7) is 2.54. The lowest BCUT2D eigenvalue weighted by atomic mass is 10.1. The van der Waals surface area contributed by atoms with Crippen LogP contribution in [-0.2, 0) is 6.54 Å². The quantitative estimate of drug-likeness (QED) is 0.190. The normalized spacial score (nSPS) is 22.1. The first kappa shape index (κ1) is 25.2. The van der Waals surface area contributed by atoms with Gasteiger partial charge in [0, 0.05) is 49.0 Å². The van der Waals surface area contributed by atoms with Crippen LogP contribution in [0, 0.1) is 4.91 Å². The Kier molecular flexibility index (Phi) is 6.51. The number of rotatable bonds is 10. The summed E-state index contributed by atoms with van der Waals surface area (Å²) in [4.78, 5) is 29.7. The van der Waals surface area contributed by atoms with Gasteiger partial charge in [0.15, 0.2) is 11.5 Å². The van der Waals surface area contributed by atoms with Crippen LogP contribution < -0.4 is 21.0 Å². The summed E-state index contributed by atoms with van der Waals surface area (Å²) in [7, 11) is 2.04. The number of halogens is 1. The zero-order valence-electron chi connectivity index (χ0n) is 22.4. The lowest BCUT2D eigenvalue weighted by Gasteiger charge is -2.20. The Bertz CT molecular complexity index is 1570. The molecule has 3 aliphatic rings. The van der Waals surface area contributed by atoms with Crippen molar-refractivity contribution in [2.45, 2.75) is 56.1 Å². The third-order valence-electron chi connectivity index (χ3n) is 8.27. The van der Waals surface area contributed by atoms with Crippen molar-refractivity contribution in [2.24, 2.45) is 0 Å². The summed E-state index contributed by atoms with van der Waals surface area (Å²) in [6.07, 6.45) is 10.2. The highest BCUT2D eigenvalue weighted by molar-refractivity contribution is 6.30. The molecule has 0 spiro atoms. The molecule has 3 atom stereocenters. The third-order valence-corrected chi connectivity index (χ3v) is 8.50. The van der Waals surface area contributed by atoms with Gasteiger partial charge in [-0.2, -0.15) is 0 Å². The summed E-state index contributed by atoms with van der Waals surface area (Å²) in [5, 5.41) is 7.45. The van der Waals surface area contributed by atoms with Crippen molar-refractivity contribution in [3.05, 3.63) is 81.9 Å². The molecule has 0 amide bonds. The van der Waals surface area contributed by atoms with Crippen LogP contribution in [-0.4, -0.2) is 56.4 Å². The van der Waals surface area contributed by atoms with Gasteiger partial charge in [0.25, 0.3) is 0 Å². The van der Waals surface area contributed by atoms with E-state index in [0.29, 0.717) is 35.2 Å². The molecule has 1 aliphatic heterocycles. The number of nitroso groups, excluding NO2 is 1. The number of hydrazine groups is 1. The Hall–Kier alpha value is -3.76. The van der Waals surface area contributed by atoms with E-state index in [1.54, 1.807) is 6.07 Å². The smallest absolute Gasteiger partial charge is 0.242 e. The number of anilines is 3. The standard InChI is InChI=1S/C29H33ClN9O/c1-31-22-7-8-37(15-22)26-10-20(18-5-6-18)14-38-16-23(35-29(26)38)13-32-27-12-28(34-17-33-27)36-39(40)25-11-24(25)19-3-2-4-21(30)9-19/h2-4,9-10,12,14,16-18,22,24-25,31H,5-8,11,13,15H2,1H3,(H2,32,33,34,36,40)/q+1/t22?,24-,25+/m1/s1. The van der Waals surface area contributed by atoms with E-state index < -0.39 is 0 Å². The van der Waals surface area contributed by atoms with Crippen molar-refractivity contribution < 1.29 is 4.87 Å². The number of fused-ring (bicyclic) bond motifs is 1. The fourth-order valence-electron chi connectivity index (χ4n) is 5.75. The van der Waals surface area contributed by atoms with E-state index in [1.165, 1.54) is 30.4 Å². The molecule has 3 N–H and O–H groups in total. The molecule has 0 radical (unpaired) electrons. The maximum absolute atomic E-state index is 12.8. The molecule has 11 heteroatoms. The van der Waals surface area contributed by atoms with Crippen LogP contribution in [0.4, 0.5) is 17.3 Å². The largest absolute Gasteiger partial charge is 0.367 e. The third kappa shape index (κ3) is 5.21. The number of likely N-dealkylation sites (N-methyl/N-ethyl adjacent to an activating group) is 1. The molecule has 1 saturated heterocycles. The topological polar surface area (TPSA) is 102 Å². The molecule has 1 unspecified atom stereocenters. The Balaban J connectivity index is 1.03. The SMILES string of the molecule is CNC1CCN(c2cc(C3CC3)cn3cc(CNc4cc(N[N+](=O)[C@H]5C[C@@H]5c5cccc(Cl)c5)ncn4)nc23)C1. The zero-order chi connectivity index (χ0) is 27.2. The first-order valence-corrected chi connectivity index (χ1v) is 14.4. The zero-order valence-corrected chi connectivity index (χ0v) is 23.2. The Labute approximate surface area is 237 Å². The first-order valence-electron chi connectivity index (χ1n) is 14.0. The molecule has 40 heavy (non-hydrogen) atoms. The van der Waals surface area contributed by atoms with Crippen molar-refractivity contribution in [1.82, 2.24) is 24.7 Å². The number of aromatic nitrogens is 4. The second kappa shape index (κ2) is 10.3. The highest BCUT2D eigenvalue weighted by atomic mass is 35.5. The van der Waals surface area contributed by atoms with Crippen LogP contribution >= 0.6 is 11.6 Å². The number of benzene rings is 1. The van der Waals surface area contributed by atoms with Crippen molar-refractivity contribution >= 4 is 34.6 Å². The number of nitrogens with one attached hydrogen (secondary N) is 3. The van der Waals surface area contributed by atoms with E-state index in [4.69, 9.17) is 16.6 Å². The van der Waals surface area contributed by atoms with Crippen LogP contribution in [0.5, 0.6) is 0 Å². The minimum Gasteiger partial charge on any atom is -0.367 e. The van der Waals surface area contributed by atoms with Crippen molar-refractivity contribution in [3.63, 3.8) is 0 Å². The van der Waals surface area contributed by atoms with Gasteiger partial charge in [-0.1, -0.05) is 23.7 Å². The summed E-state index contributed by atoms with van der Waals surface area (Å²) in [5.41, 5.74) is 8.48. The van der Waals surface area contributed by atoms with E-state index in [9.17, 15) is 4.91 Å². The van der Waals surface area contributed by atoms with Crippen molar-refractivity contribution in [3.8, 4) is 0 Å². The van der Waals surface area contributed by atoms with Gasteiger partial charge < -0.3 is 19.9 Å². The molecule has 4 heterocycles. The van der Waals surface area contributed by atoms with Crippen LogP contribution in [0.3, 0.4) is 0 Å². The predicted molar refractivity (Wildman–Crippen MR) is 156 cm³/mol. The van der Waals surface area contributed by atoms with Crippen LogP contribution in [0.15, 0.2) is 55.1 Å². The number of imidazole rings is 1. The van der Waals surface area contributed by atoms with E-state index >= 15 is 0 Å². The fraction of sp³-hybridized carbons (Fsp3) is 0.414. The Morgan fingerprint density at radius 2 is 1.95 bits per heavy atom. The van der Waals surface area contributed by atoms with Gasteiger partial charge in [0.2, 0.25) is 6.04 Å². The molecule has 3 fully saturated rings. The molecular formula is C29H33ClN9O+. The first-order chi connectivity index (χ1) is 19.5. The van der Waals surface area contributed by atoms with Crippen molar-refractivity contribution in [1.29, 1.82) is 0 Å². The van der Waals surface area contributed by atoms with Gasteiger partial charge in [-0.15, -0.1) is 5.43 Å². The molecule has 3 aromatic heterocycles. The summed E-state index contributed by atoms with van der Waals surface area (Å²) in [6, 6.07) is 12.1. The average Bonchev–Trinajstić information content (AvgIpc) is 3.88. The van der Waals surface area contributed by atoms with Crippen LogP contribution in [0.25, 0.3) is 5.65 Å². The number of nitrogens with zero attached hydrogens (tertiary/aromatic N) is 6. The summed E-state index contributed by atoms with van der Waals surface area (Å²) in [5.74, 6) is 1.90. The van der Waals surface area contributed by atoms with Gasteiger partial charge in [-0.05, 0) is 61.6 Å². The maximum Gasteiger partial charge on any atom is 0.242 e. The molecule has 10 nitrogen and oxygen atoms in total. The summed E-state index contributed by atoms with van der Waals surface area (Å²) < 4.78 is 2.18. The van der Waals surface area contributed by atoms with Crippen molar-refractivity contribution in [2.75, 3.05) is 35.8 Å². The molecule has 2 aliphatic carbocycles. The maximum atomic E-state index is 12.8. The van der Waals surface area contributed by atoms with E-state index in [2.05, 4.69) is 53.8 Å². The Morgan fingerprint density at radius 1 is 1.07 bits per heavy atom. The van der Waals surface area contributed by atoms with Gasteiger partial charge in [0.05, 0.1) is 28.8 Å². The second-order valence-corrected chi connectivity index (χ2v) is 11.6.